The SMILES string of the molecule is COc1ccc(CNCC(C)C)cc1OC1CCCOC1. The van der Waals surface area contributed by atoms with Crippen LogP contribution in [0.25, 0.3) is 0 Å². The summed E-state index contributed by atoms with van der Waals surface area (Å²) in [6, 6.07) is 6.13. The van der Waals surface area contributed by atoms with Crippen LogP contribution >= 0.6 is 0 Å². The van der Waals surface area contributed by atoms with E-state index < -0.39 is 0 Å². The third-order valence-corrected chi connectivity index (χ3v) is 3.52. The molecule has 118 valence electrons. The molecule has 0 amide bonds. The fourth-order valence-electron chi connectivity index (χ4n) is 2.41. The molecule has 0 radical (unpaired) electrons. The van der Waals surface area contributed by atoms with Gasteiger partial charge >= 0.3 is 0 Å². The summed E-state index contributed by atoms with van der Waals surface area (Å²) < 4.78 is 16.9. The maximum atomic E-state index is 6.07. The first-order chi connectivity index (χ1) is 10.2. The second-order valence-electron chi connectivity index (χ2n) is 5.97. The van der Waals surface area contributed by atoms with Gasteiger partial charge in [0.05, 0.1) is 13.7 Å². The predicted octanol–water partition coefficient (Wildman–Crippen LogP) is 3.00. The standard InChI is InChI=1S/C17H27NO3/c1-13(2)10-18-11-14-6-7-16(19-3)17(9-14)21-15-5-4-8-20-12-15/h6-7,9,13,15,18H,4-5,8,10-12H2,1-3H3. The van der Waals surface area contributed by atoms with Crippen molar-refractivity contribution in [1.29, 1.82) is 0 Å². The van der Waals surface area contributed by atoms with Crippen LogP contribution in [-0.4, -0.2) is 33.0 Å². The predicted molar refractivity (Wildman–Crippen MR) is 84.0 cm³/mol. The van der Waals surface area contributed by atoms with Gasteiger partial charge in [-0.2, -0.15) is 0 Å². The fraction of sp³-hybridized carbons (Fsp3) is 0.647. The van der Waals surface area contributed by atoms with Gasteiger partial charge in [-0.05, 0) is 43.0 Å². The quantitative estimate of drug-likeness (QED) is 0.839. The van der Waals surface area contributed by atoms with E-state index in [0.717, 1.165) is 44.0 Å². The van der Waals surface area contributed by atoms with Gasteiger partial charge in [-0.1, -0.05) is 19.9 Å². The van der Waals surface area contributed by atoms with Crippen molar-refractivity contribution in [3.63, 3.8) is 0 Å². The van der Waals surface area contributed by atoms with E-state index in [1.807, 2.05) is 6.07 Å². The number of benzene rings is 1. The van der Waals surface area contributed by atoms with Gasteiger partial charge in [-0.15, -0.1) is 0 Å². The molecule has 4 nitrogen and oxygen atoms in total. The van der Waals surface area contributed by atoms with E-state index in [2.05, 4.69) is 31.3 Å². The first kappa shape index (κ1) is 16.1. The lowest BCUT2D eigenvalue weighted by Gasteiger charge is -2.24. The van der Waals surface area contributed by atoms with Crippen LogP contribution in [0.2, 0.25) is 0 Å². The molecule has 0 bridgehead atoms. The number of rotatable bonds is 7. The largest absolute Gasteiger partial charge is 0.493 e. The van der Waals surface area contributed by atoms with Crippen LogP contribution in [0.5, 0.6) is 11.5 Å². The molecule has 1 fully saturated rings. The van der Waals surface area contributed by atoms with E-state index in [1.54, 1.807) is 7.11 Å². The van der Waals surface area contributed by atoms with Gasteiger partial charge in [0, 0.05) is 13.2 Å². The molecule has 4 heteroatoms. The molecule has 1 atom stereocenters. The van der Waals surface area contributed by atoms with Crippen LogP contribution in [0.15, 0.2) is 18.2 Å². The number of methoxy groups -OCH3 is 1. The van der Waals surface area contributed by atoms with Crippen molar-refractivity contribution in [3.8, 4) is 11.5 Å². The topological polar surface area (TPSA) is 39.7 Å². The van der Waals surface area contributed by atoms with Crippen LogP contribution in [0, 0.1) is 5.92 Å². The van der Waals surface area contributed by atoms with Crippen LogP contribution in [0.1, 0.15) is 32.3 Å². The molecule has 1 unspecified atom stereocenters. The van der Waals surface area contributed by atoms with Gasteiger partial charge in [-0.25, -0.2) is 0 Å². The van der Waals surface area contributed by atoms with Gasteiger partial charge in [0.15, 0.2) is 11.5 Å². The van der Waals surface area contributed by atoms with Crippen molar-refractivity contribution in [2.75, 3.05) is 26.9 Å². The summed E-state index contributed by atoms with van der Waals surface area (Å²) >= 11 is 0. The lowest BCUT2D eigenvalue weighted by molar-refractivity contribution is 0.00641. The molecule has 2 rings (SSSR count). The normalized spacial score (nSPS) is 18.8. The first-order valence-corrected chi connectivity index (χ1v) is 7.81. The Balaban J connectivity index is 1.99. The van der Waals surface area contributed by atoms with Crippen LogP contribution in [-0.2, 0) is 11.3 Å². The molecule has 1 heterocycles. The minimum absolute atomic E-state index is 0.131. The summed E-state index contributed by atoms with van der Waals surface area (Å²) in [5.74, 6) is 2.25. The summed E-state index contributed by atoms with van der Waals surface area (Å²) in [4.78, 5) is 0. The molecule has 1 aromatic rings. The molecule has 1 aromatic carbocycles. The molecule has 0 saturated carbocycles. The summed E-state index contributed by atoms with van der Waals surface area (Å²) in [6.07, 6.45) is 2.23. The number of nitrogens with one attached hydrogen (secondary N) is 1. The summed E-state index contributed by atoms with van der Waals surface area (Å²) in [6.45, 7) is 7.78. The smallest absolute Gasteiger partial charge is 0.162 e. The van der Waals surface area contributed by atoms with Crippen molar-refractivity contribution in [2.45, 2.75) is 39.3 Å². The van der Waals surface area contributed by atoms with Gasteiger partial charge in [-0.3, -0.25) is 0 Å². The Morgan fingerprint density at radius 3 is 2.86 bits per heavy atom. The van der Waals surface area contributed by atoms with E-state index >= 15 is 0 Å². The third-order valence-electron chi connectivity index (χ3n) is 3.52. The number of ether oxygens (including phenoxy) is 3. The van der Waals surface area contributed by atoms with E-state index in [0.29, 0.717) is 12.5 Å². The molecular formula is C17H27NO3. The maximum Gasteiger partial charge on any atom is 0.162 e. The second kappa shape index (κ2) is 8.25. The minimum Gasteiger partial charge on any atom is -0.493 e. The Bertz CT molecular complexity index is 428. The Kier molecular flexibility index (Phi) is 6.33. The number of hydrogen-bond acceptors (Lipinski definition) is 4. The van der Waals surface area contributed by atoms with Crippen molar-refractivity contribution in [2.24, 2.45) is 5.92 Å². The lowest BCUT2D eigenvalue weighted by atomic mass is 10.1. The molecule has 0 aromatic heterocycles. The van der Waals surface area contributed by atoms with Crippen molar-refractivity contribution in [3.05, 3.63) is 23.8 Å². The molecule has 0 aliphatic carbocycles. The molecule has 1 aliphatic heterocycles. The summed E-state index contributed by atoms with van der Waals surface area (Å²) in [5.41, 5.74) is 1.21. The third kappa shape index (κ3) is 5.21. The molecule has 1 aliphatic rings. The first-order valence-electron chi connectivity index (χ1n) is 7.81. The van der Waals surface area contributed by atoms with Crippen LogP contribution < -0.4 is 14.8 Å². The Hall–Kier alpha value is -1.26. The molecule has 0 spiro atoms. The van der Waals surface area contributed by atoms with Gasteiger partial charge in [0.1, 0.15) is 6.10 Å². The zero-order valence-corrected chi connectivity index (χ0v) is 13.4. The van der Waals surface area contributed by atoms with E-state index in [1.165, 1.54) is 5.56 Å². The average Bonchev–Trinajstić information content (AvgIpc) is 2.48. The fourth-order valence-corrected chi connectivity index (χ4v) is 2.41. The van der Waals surface area contributed by atoms with Gasteiger partial charge < -0.3 is 19.5 Å². The van der Waals surface area contributed by atoms with E-state index in [-0.39, 0.29) is 6.10 Å². The number of hydrogen-bond donors (Lipinski definition) is 1. The van der Waals surface area contributed by atoms with Crippen molar-refractivity contribution >= 4 is 0 Å². The average molecular weight is 293 g/mol. The molecule has 1 N–H and O–H groups in total. The molecule has 21 heavy (non-hydrogen) atoms. The highest BCUT2D eigenvalue weighted by Crippen LogP contribution is 2.30. The zero-order chi connectivity index (χ0) is 15.1. The molecule has 1 saturated heterocycles. The van der Waals surface area contributed by atoms with Crippen LogP contribution in [0.4, 0.5) is 0 Å². The van der Waals surface area contributed by atoms with Crippen molar-refractivity contribution in [1.82, 2.24) is 5.32 Å². The Morgan fingerprint density at radius 1 is 1.33 bits per heavy atom. The summed E-state index contributed by atoms with van der Waals surface area (Å²) in [7, 11) is 1.68. The van der Waals surface area contributed by atoms with Gasteiger partial charge in [0.2, 0.25) is 0 Å². The van der Waals surface area contributed by atoms with E-state index in [4.69, 9.17) is 14.2 Å². The highest BCUT2D eigenvalue weighted by Gasteiger charge is 2.17. The zero-order valence-electron chi connectivity index (χ0n) is 13.4. The second-order valence-corrected chi connectivity index (χ2v) is 5.97. The van der Waals surface area contributed by atoms with Gasteiger partial charge in [0.25, 0.3) is 0 Å². The molecular weight excluding hydrogens is 266 g/mol. The summed E-state index contributed by atoms with van der Waals surface area (Å²) in [5, 5.41) is 3.45. The Labute approximate surface area is 127 Å². The monoisotopic (exact) mass is 293 g/mol. The highest BCUT2D eigenvalue weighted by molar-refractivity contribution is 5.43. The maximum absolute atomic E-state index is 6.07. The van der Waals surface area contributed by atoms with E-state index in [9.17, 15) is 0 Å². The van der Waals surface area contributed by atoms with Crippen LogP contribution in [0.3, 0.4) is 0 Å². The lowest BCUT2D eigenvalue weighted by Crippen LogP contribution is -2.28. The minimum atomic E-state index is 0.131. The van der Waals surface area contributed by atoms with Crippen molar-refractivity contribution < 1.29 is 14.2 Å². The highest BCUT2D eigenvalue weighted by atomic mass is 16.5. The Morgan fingerprint density at radius 2 is 2.19 bits per heavy atom.